The van der Waals surface area contributed by atoms with E-state index in [4.69, 9.17) is 14.2 Å². The van der Waals surface area contributed by atoms with Crippen molar-refractivity contribution in [2.45, 2.75) is 90.1 Å². The molecule has 2 aliphatic heterocycles. The molecule has 1 spiro atoms. The van der Waals surface area contributed by atoms with Crippen LogP contribution in [0.1, 0.15) is 66.2 Å². The maximum Gasteiger partial charge on any atom is 0.334 e. The van der Waals surface area contributed by atoms with Gasteiger partial charge in [0.1, 0.15) is 18.0 Å². The fourth-order valence-electron chi connectivity index (χ4n) is 9.61. The normalized spacial score (nSPS) is 48.1. The van der Waals surface area contributed by atoms with Gasteiger partial charge < -0.3 is 24.1 Å². The van der Waals surface area contributed by atoms with Gasteiger partial charge in [-0.3, -0.25) is 9.59 Å². The number of carbonyl (C=O) groups is 4. The van der Waals surface area contributed by atoms with Crippen LogP contribution < -0.4 is 0 Å². The second-order valence-electron chi connectivity index (χ2n) is 13.2. The van der Waals surface area contributed by atoms with Crippen LogP contribution in [-0.2, 0) is 33.4 Å². The Morgan fingerprint density at radius 2 is 1.92 bits per heavy atom. The SMILES string of the molecule is C=C1C(=O)OC2C1CCC(C)(O)C13C=CC(C)(C21)C1(C3)C(=O)OC(C2=C(C)C(OC)CC2=O)C1CCC(C)=O. The van der Waals surface area contributed by atoms with E-state index in [-0.39, 0.29) is 42.3 Å². The molecule has 8 heteroatoms. The number of aliphatic hydroxyl groups is 1. The molecule has 0 radical (unpaired) electrons. The van der Waals surface area contributed by atoms with Crippen molar-refractivity contribution < 1.29 is 38.5 Å². The van der Waals surface area contributed by atoms with Gasteiger partial charge in [-0.05, 0) is 52.0 Å². The summed E-state index contributed by atoms with van der Waals surface area (Å²) in [7, 11) is 1.56. The van der Waals surface area contributed by atoms with Gasteiger partial charge in [0.15, 0.2) is 5.78 Å². The fourth-order valence-corrected chi connectivity index (χ4v) is 9.61. The van der Waals surface area contributed by atoms with Crippen molar-refractivity contribution >= 4 is 23.5 Å². The zero-order valence-corrected chi connectivity index (χ0v) is 23.4. The first-order chi connectivity index (χ1) is 18.3. The quantitative estimate of drug-likeness (QED) is 0.322. The highest BCUT2D eigenvalue weighted by Crippen LogP contribution is 2.79. The molecule has 0 amide bonds. The summed E-state index contributed by atoms with van der Waals surface area (Å²) < 4.78 is 17.7. The van der Waals surface area contributed by atoms with E-state index >= 15 is 0 Å². The highest BCUT2D eigenvalue weighted by molar-refractivity contribution is 6.02. The topological polar surface area (TPSA) is 116 Å². The predicted molar refractivity (Wildman–Crippen MR) is 139 cm³/mol. The third kappa shape index (κ3) is 3.08. The summed E-state index contributed by atoms with van der Waals surface area (Å²) in [4.78, 5) is 52.6. The van der Waals surface area contributed by atoms with Crippen molar-refractivity contribution in [3.8, 4) is 0 Å². The summed E-state index contributed by atoms with van der Waals surface area (Å²) in [5.41, 5.74) is -2.36. The minimum absolute atomic E-state index is 0.00854. The van der Waals surface area contributed by atoms with Crippen LogP contribution in [0.3, 0.4) is 0 Å². The van der Waals surface area contributed by atoms with E-state index in [1.165, 1.54) is 6.92 Å². The molecule has 0 aromatic carbocycles. The highest BCUT2D eigenvalue weighted by Gasteiger charge is 2.83. The molecular formula is C31H38O8. The molecule has 2 saturated heterocycles. The molecule has 210 valence electrons. The molecule has 2 saturated carbocycles. The van der Waals surface area contributed by atoms with Gasteiger partial charge in [0, 0.05) is 59.7 Å². The summed E-state index contributed by atoms with van der Waals surface area (Å²) in [5.74, 6) is -2.07. The number of ether oxygens (including phenoxy) is 3. The Bertz CT molecular complexity index is 1270. The number of cyclic esters (lactones) is 1. The Balaban J connectivity index is 1.53. The lowest BCUT2D eigenvalue weighted by molar-refractivity contribution is -0.154. The van der Waals surface area contributed by atoms with Gasteiger partial charge in [0.25, 0.3) is 0 Å². The standard InChI is InChI=1S/C31H38O8/c1-15(32)7-8-19-24(22-17(3)21(37-6)13-20(22)33)39-27(35)31(19)14-30-12-11-28(31,4)25(30)23-18(9-10-29(30,5)36)16(2)26(34)38-23/h11-12,18-19,21,23-25,36H,2,7-10,13-14H2,1,3-6H3. The average Bonchev–Trinajstić information content (AvgIpc) is 3.55. The molecule has 4 fully saturated rings. The van der Waals surface area contributed by atoms with Gasteiger partial charge in [0.2, 0.25) is 0 Å². The lowest BCUT2D eigenvalue weighted by Crippen LogP contribution is -2.49. The van der Waals surface area contributed by atoms with Crippen molar-refractivity contribution in [3.63, 3.8) is 0 Å². The van der Waals surface area contributed by atoms with Crippen LogP contribution in [0.5, 0.6) is 0 Å². The van der Waals surface area contributed by atoms with Crippen LogP contribution >= 0.6 is 0 Å². The zero-order chi connectivity index (χ0) is 28.3. The van der Waals surface area contributed by atoms with Crippen LogP contribution in [0.15, 0.2) is 35.5 Å². The van der Waals surface area contributed by atoms with E-state index in [1.807, 2.05) is 32.9 Å². The number of esters is 2. The van der Waals surface area contributed by atoms with Crippen molar-refractivity contribution in [1.29, 1.82) is 0 Å². The molecular weight excluding hydrogens is 500 g/mol. The molecule has 10 atom stereocenters. The van der Waals surface area contributed by atoms with Gasteiger partial charge in [-0.1, -0.05) is 25.7 Å². The Labute approximate surface area is 228 Å². The number of ketones is 2. The number of fused-ring (bicyclic) bond motifs is 2. The van der Waals surface area contributed by atoms with Crippen molar-refractivity contribution in [2.75, 3.05) is 7.11 Å². The molecule has 8 nitrogen and oxygen atoms in total. The van der Waals surface area contributed by atoms with Crippen molar-refractivity contribution in [1.82, 2.24) is 0 Å². The third-order valence-electron chi connectivity index (χ3n) is 11.6. The molecule has 6 aliphatic rings. The van der Waals surface area contributed by atoms with E-state index in [0.29, 0.717) is 36.8 Å². The molecule has 10 unspecified atom stereocenters. The fraction of sp³-hybridized carbons (Fsp3) is 0.677. The minimum atomic E-state index is -1.19. The third-order valence-corrected chi connectivity index (χ3v) is 11.6. The summed E-state index contributed by atoms with van der Waals surface area (Å²) in [6.07, 6.45) is 4.42. The number of allylic oxidation sites excluding steroid dienone is 1. The first-order valence-electron chi connectivity index (χ1n) is 14.1. The average molecular weight is 539 g/mol. The molecule has 6 rings (SSSR count). The van der Waals surface area contributed by atoms with E-state index in [9.17, 15) is 24.3 Å². The molecule has 2 heterocycles. The van der Waals surface area contributed by atoms with Gasteiger partial charge in [-0.2, -0.15) is 0 Å². The summed E-state index contributed by atoms with van der Waals surface area (Å²) in [6.45, 7) is 11.2. The van der Waals surface area contributed by atoms with Crippen molar-refractivity contribution in [2.24, 2.45) is 34.0 Å². The Morgan fingerprint density at radius 3 is 2.56 bits per heavy atom. The second-order valence-corrected chi connectivity index (χ2v) is 13.2. The second kappa shape index (κ2) is 8.23. The highest BCUT2D eigenvalue weighted by atomic mass is 16.6. The number of hydrogen-bond acceptors (Lipinski definition) is 8. The number of methoxy groups -OCH3 is 1. The lowest BCUT2D eigenvalue weighted by Gasteiger charge is -2.44. The molecule has 4 aliphatic carbocycles. The smallest absolute Gasteiger partial charge is 0.334 e. The number of Topliss-reactive ketones (excluding diaryl/α,β-unsaturated/α-hetero) is 2. The Kier molecular flexibility index (Phi) is 5.62. The van der Waals surface area contributed by atoms with E-state index in [1.54, 1.807) is 7.11 Å². The molecule has 39 heavy (non-hydrogen) atoms. The number of hydrogen-bond donors (Lipinski definition) is 1. The molecule has 1 N–H and O–H groups in total. The van der Waals surface area contributed by atoms with Gasteiger partial charge in [0.05, 0.1) is 17.1 Å². The van der Waals surface area contributed by atoms with Crippen LogP contribution in [0, 0.1) is 34.0 Å². The van der Waals surface area contributed by atoms with Crippen LogP contribution in [-0.4, -0.2) is 59.6 Å². The molecule has 0 aromatic rings. The van der Waals surface area contributed by atoms with Crippen molar-refractivity contribution in [3.05, 3.63) is 35.5 Å². The van der Waals surface area contributed by atoms with Gasteiger partial charge >= 0.3 is 11.9 Å². The zero-order valence-electron chi connectivity index (χ0n) is 23.4. The Morgan fingerprint density at radius 1 is 1.21 bits per heavy atom. The van der Waals surface area contributed by atoms with E-state index in [0.717, 1.165) is 5.57 Å². The van der Waals surface area contributed by atoms with Gasteiger partial charge in [-0.25, -0.2) is 4.79 Å². The van der Waals surface area contributed by atoms with Crippen LogP contribution in [0.4, 0.5) is 0 Å². The van der Waals surface area contributed by atoms with Crippen LogP contribution in [0.25, 0.3) is 0 Å². The van der Waals surface area contributed by atoms with Crippen LogP contribution in [0.2, 0.25) is 0 Å². The number of carbonyl (C=O) groups excluding carboxylic acids is 4. The summed E-state index contributed by atoms with van der Waals surface area (Å²) in [6, 6.07) is 0. The first kappa shape index (κ1) is 26.6. The minimum Gasteiger partial charge on any atom is -0.458 e. The van der Waals surface area contributed by atoms with E-state index in [2.05, 4.69) is 6.58 Å². The maximum absolute atomic E-state index is 14.3. The summed E-state index contributed by atoms with van der Waals surface area (Å²) in [5, 5.41) is 12.1. The van der Waals surface area contributed by atoms with E-state index < -0.39 is 51.9 Å². The lowest BCUT2D eigenvalue weighted by atomic mass is 9.55. The first-order valence-corrected chi connectivity index (χ1v) is 14.1. The molecule has 0 aromatic heterocycles. The molecule has 2 bridgehead atoms. The largest absolute Gasteiger partial charge is 0.458 e. The Hall–Kier alpha value is -2.58. The van der Waals surface area contributed by atoms with Gasteiger partial charge in [-0.15, -0.1) is 0 Å². The summed E-state index contributed by atoms with van der Waals surface area (Å²) >= 11 is 0. The monoisotopic (exact) mass is 538 g/mol. The predicted octanol–water partition coefficient (Wildman–Crippen LogP) is 3.41. The number of rotatable bonds is 5. The maximum atomic E-state index is 14.3.